The number of thiocarbonyl (C=S) groups is 1. The maximum absolute atomic E-state index is 13.3. The molecule has 0 aliphatic carbocycles. The number of halogens is 3. The van der Waals surface area contributed by atoms with E-state index in [2.05, 4.69) is 6.92 Å². The second kappa shape index (κ2) is 7.23. The standard InChI is InChI=1S/C18H21F3N4S/c1-4-5-6-9-24-16(26)25(15(23)17(24,2)3)13-8-7-12(11-22)14(10-13)18(19,20)21/h7-8,10,23H,4-6,9H2,1-3H3. The molecule has 0 amide bonds. The lowest BCUT2D eigenvalue weighted by atomic mass is 10.0. The highest BCUT2D eigenvalue weighted by Crippen LogP contribution is 2.38. The van der Waals surface area contributed by atoms with Gasteiger partial charge in [-0.1, -0.05) is 19.8 Å². The van der Waals surface area contributed by atoms with Gasteiger partial charge in [0.05, 0.1) is 28.4 Å². The molecule has 0 atom stereocenters. The first kappa shape index (κ1) is 20.2. The van der Waals surface area contributed by atoms with Gasteiger partial charge in [-0.3, -0.25) is 10.3 Å². The Balaban J connectivity index is 2.44. The molecule has 1 aromatic carbocycles. The van der Waals surface area contributed by atoms with E-state index in [0.717, 1.165) is 31.4 Å². The Morgan fingerprint density at radius 2 is 1.92 bits per heavy atom. The predicted molar refractivity (Wildman–Crippen MR) is 99.3 cm³/mol. The minimum absolute atomic E-state index is 0.122. The predicted octanol–water partition coefficient (Wildman–Crippen LogP) is 4.93. The molecule has 26 heavy (non-hydrogen) atoms. The molecule has 1 aliphatic rings. The molecule has 8 heteroatoms. The number of unbranched alkanes of at least 4 members (excludes halogenated alkanes) is 2. The Morgan fingerprint density at radius 1 is 1.27 bits per heavy atom. The average Bonchev–Trinajstić information content (AvgIpc) is 2.73. The maximum atomic E-state index is 13.3. The number of hydrogen-bond donors (Lipinski definition) is 1. The van der Waals surface area contributed by atoms with Crippen molar-refractivity contribution in [2.24, 2.45) is 0 Å². The SMILES string of the molecule is CCCCCN1C(=S)N(c2ccc(C#N)c(C(F)(F)F)c2)C(=N)C1(C)C. The quantitative estimate of drug-likeness (QED) is 0.579. The normalized spacial score (nSPS) is 17.0. The van der Waals surface area contributed by atoms with Crippen LogP contribution in [0.1, 0.15) is 51.2 Å². The van der Waals surface area contributed by atoms with E-state index in [1.165, 1.54) is 11.0 Å². The first-order chi connectivity index (χ1) is 12.1. The van der Waals surface area contributed by atoms with E-state index >= 15 is 0 Å². The van der Waals surface area contributed by atoms with Crippen molar-refractivity contribution < 1.29 is 13.2 Å². The summed E-state index contributed by atoms with van der Waals surface area (Å²) in [7, 11) is 0. The lowest BCUT2D eigenvalue weighted by Gasteiger charge is -2.30. The van der Waals surface area contributed by atoms with Gasteiger partial charge >= 0.3 is 6.18 Å². The molecule has 140 valence electrons. The van der Waals surface area contributed by atoms with Gasteiger partial charge in [-0.2, -0.15) is 18.4 Å². The van der Waals surface area contributed by atoms with Gasteiger partial charge in [0, 0.05) is 6.54 Å². The fourth-order valence-electron chi connectivity index (χ4n) is 2.99. The summed E-state index contributed by atoms with van der Waals surface area (Å²) in [6.07, 6.45) is -1.71. The Labute approximate surface area is 156 Å². The zero-order valence-corrected chi connectivity index (χ0v) is 15.8. The van der Waals surface area contributed by atoms with Crippen molar-refractivity contribution in [2.75, 3.05) is 11.4 Å². The fourth-order valence-corrected chi connectivity index (χ4v) is 3.51. The van der Waals surface area contributed by atoms with Crippen LogP contribution in [0.2, 0.25) is 0 Å². The van der Waals surface area contributed by atoms with Gasteiger partial charge in [0.2, 0.25) is 0 Å². The van der Waals surface area contributed by atoms with Gasteiger partial charge in [0.15, 0.2) is 5.11 Å². The van der Waals surface area contributed by atoms with E-state index < -0.39 is 22.8 Å². The number of hydrogen-bond acceptors (Lipinski definition) is 3. The highest BCUT2D eigenvalue weighted by atomic mass is 32.1. The summed E-state index contributed by atoms with van der Waals surface area (Å²) < 4.78 is 39.8. The number of alkyl halides is 3. The number of benzene rings is 1. The topological polar surface area (TPSA) is 54.1 Å². The van der Waals surface area contributed by atoms with Crippen molar-refractivity contribution in [3.05, 3.63) is 29.3 Å². The van der Waals surface area contributed by atoms with Gasteiger partial charge in [0.25, 0.3) is 0 Å². The lowest BCUT2D eigenvalue weighted by Crippen LogP contribution is -2.44. The molecule has 0 unspecified atom stereocenters. The van der Waals surface area contributed by atoms with Gasteiger partial charge < -0.3 is 4.90 Å². The highest BCUT2D eigenvalue weighted by molar-refractivity contribution is 7.80. The first-order valence-corrected chi connectivity index (χ1v) is 8.78. The number of nitrogens with zero attached hydrogens (tertiary/aromatic N) is 3. The van der Waals surface area contributed by atoms with E-state index in [1.807, 2.05) is 18.7 Å². The van der Waals surface area contributed by atoms with Crippen LogP contribution in [0.4, 0.5) is 18.9 Å². The lowest BCUT2D eigenvalue weighted by molar-refractivity contribution is -0.137. The van der Waals surface area contributed by atoms with E-state index in [0.29, 0.717) is 11.7 Å². The third-order valence-electron chi connectivity index (χ3n) is 4.57. The monoisotopic (exact) mass is 382 g/mol. The molecule has 1 heterocycles. The largest absolute Gasteiger partial charge is 0.417 e. The van der Waals surface area contributed by atoms with Crippen molar-refractivity contribution in [3.63, 3.8) is 0 Å². The molecule has 1 fully saturated rings. The summed E-state index contributed by atoms with van der Waals surface area (Å²) in [5, 5.41) is 17.7. The van der Waals surface area contributed by atoms with Crippen molar-refractivity contribution in [1.29, 1.82) is 10.7 Å². The molecule has 1 saturated heterocycles. The second-order valence-corrected chi connectivity index (χ2v) is 7.09. The third-order valence-corrected chi connectivity index (χ3v) is 4.98. The van der Waals surface area contributed by atoms with Crippen LogP contribution in [0.25, 0.3) is 0 Å². The Bertz CT molecular complexity index is 765. The molecule has 0 bridgehead atoms. The minimum atomic E-state index is -4.65. The maximum Gasteiger partial charge on any atom is 0.417 e. The zero-order valence-electron chi connectivity index (χ0n) is 14.9. The van der Waals surface area contributed by atoms with Crippen LogP contribution in [0, 0.1) is 16.7 Å². The summed E-state index contributed by atoms with van der Waals surface area (Å²) in [5.74, 6) is 0.122. The fraction of sp³-hybridized carbons (Fsp3) is 0.500. The van der Waals surface area contributed by atoms with Gasteiger partial charge in [-0.25, -0.2) is 0 Å². The molecule has 0 radical (unpaired) electrons. The average molecular weight is 382 g/mol. The van der Waals surface area contributed by atoms with Crippen molar-refractivity contribution >= 4 is 28.9 Å². The number of amidine groups is 1. The Hall–Kier alpha value is -2.14. The summed E-state index contributed by atoms with van der Waals surface area (Å²) in [5.41, 5.74) is -2.03. The minimum Gasteiger partial charge on any atom is -0.336 e. The molecule has 0 spiro atoms. The molecule has 1 aliphatic heterocycles. The van der Waals surface area contributed by atoms with Crippen LogP contribution in [0.15, 0.2) is 18.2 Å². The van der Waals surface area contributed by atoms with E-state index in [-0.39, 0.29) is 11.5 Å². The van der Waals surface area contributed by atoms with Crippen LogP contribution < -0.4 is 4.90 Å². The van der Waals surface area contributed by atoms with E-state index in [4.69, 9.17) is 22.9 Å². The van der Waals surface area contributed by atoms with Crippen molar-refractivity contribution in [2.45, 2.75) is 51.7 Å². The van der Waals surface area contributed by atoms with Gasteiger partial charge in [-0.15, -0.1) is 0 Å². The molecule has 1 aromatic rings. The van der Waals surface area contributed by atoms with Crippen LogP contribution in [-0.2, 0) is 6.18 Å². The van der Waals surface area contributed by atoms with Gasteiger partial charge in [0.1, 0.15) is 5.84 Å². The highest BCUT2D eigenvalue weighted by Gasteiger charge is 2.46. The van der Waals surface area contributed by atoms with Crippen LogP contribution >= 0.6 is 12.2 Å². The van der Waals surface area contributed by atoms with Crippen LogP contribution in [-0.4, -0.2) is 27.9 Å². The zero-order chi connectivity index (χ0) is 19.7. The Kier molecular flexibility index (Phi) is 5.61. The van der Waals surface area contributed by atoms with Gasteiger partial charge in [-0.05, 0) is 50.7 Å². The smallest absolute Gasteiger partial charge is 0.336 e. The summed E-state index contributed by atoms with van der Waals surface area (Å²) in [4.78, 5) is 3.24. The summed E-state index contributed by atoms with van der Waals surface area (Å²) in [6.45, 7) is 6.39. The van der Waals surface area contributed by atoms with E-state index in [9.17, 15) is 13.2 Å². The summed E-state index contributed by atoms with van der Waals surface area (Å²) in [6, 6.07) is 4.99. The third kappa shape index (κ3) is 3.54. The molecule has 0 saturated carbocycles. The molecule has 1 N–H and O–H groups in total. The Morgan fingerprint density at radius 3 is 2.46 bits per heavy atom. The molecular weight excluding hydrogens is 361 g/mol. The number of nitrogens with one attached hydrogen (secondary N) is 1. The van der Waals surface area contributed by atoms with Crippen LogP contribution in [0.5, 0.6) is 0 Å². The van der Waals surface area contributed by atoms with Crippen molar-refractivity contribution in [3.8, 4) is 6.07 Å². The van der Waals surface area contributed by atoms with Crippen molar-refractivity contribution in [1.82, 2.24) is 4.90 Å². The molecule has 0 aromatic heterocycles. The molecule has 4 nitrogen and oxygen atoms in total. The first-order valence-electron chi connectivity index (χ1n) is 8.37. The molecule has 2 rings (SSSR count). The van der Waals surface area contributed by atoms with Crippen LogP contribution in [0.3, 0.4) is 0 Å². The summed E-state index contributed by atoms with van der Waals surface area (Å²) >= 11 is 5.48. The second-order valence-electron chi connectivity index (χ2n) is 6.72. The number of nitriles is 1. The van der Waals surface area contributed by atoms with E-state index in [1.54, 1.807) is 6.07 Å². The number of rotatable bonds is 5. The molecular formula is C18H21F3N4S. The number of anilines is 1.